The molecule has 1 aromatic rings. The summed E-state index contributed by atoms with van der Waals surface area (Å²) in [4.78, 5) is 0. The van der Waals surface area contributed by atoms with E-state index in [2.05, 4.69) is 30.8 Å². The normalized spacial score (nSPS) is 9.71. The van der Waals surface area contributed by atoms with Crippen LogP contribution in [0.3, 0.4) is 0 Å². The van der Waals surface area contributed by atoms with Crippen LogP contribution in [-0.4, -0.2) is 16.4 Å². The number of hydrogen-bond donors (Lipinski definition) is 0. The highest BCUT2D eigenvalue weighted by Crippen LogP contribution is 2.12. The Morgan fingerprint density at radius 3 is 2.93 bits per heavy atom. The van der Waals surface area contributed by atoms with Crippen molar-refractivity contribution in [3.05, 3.63) is 12.4 Å². The maximum Gasteiger partial charge on any atom is 0.157 e. The largest absolute Gasteiger partial charge is 0.489 e. The minimum atomic E-state index is 0.378. The summed E-state index contributed by atoms with van der Waals surface area (Å²) >= 11 is 0. The van der Waals surface area contributed by atoms with Crippen molar-refractivity contribution in [2.75, 3.05) is 6.61 Å². The Bertz CT molecular complexity index is 331. The predicted molar refractivity (Wildman–Crippen MR) is 56.2 cm³/mol. The summed E-state index contributed by atoms with van der Waals surface area (Å²) < 4.78 is 7.33. The third-order valence-electron chi connectivity index (χ3n) is 1.78. The molecule has 76 valence electrons. The first-order valence-electron chi connectivity index (χ1n) is 4.80. The van der Waals surface area contributed by atoms with Gasteiger partial charge in [-0.05, 0) is 20.8 Å². The molecule has 0 saturated heterocycles. The zero-order chi connectivity index (χ0) is 10.4. The second-order valence-corrected chi connectivity index (χ2v) is 3.28. The number of rotatable bonds is 4. The second kappa shape index (κ2) is 5.33. The van der Waals surface area contributed by atoms with Gasteiger partial charge in [-0.25, -0.2) is 0 Å². The van der Waals surface area contributed by atoms with Gasteiger partial charge in [0, 0.05) is 12.5 Å². The van der Waals surface area contributed by atoms with Crippen LogP contribution in [0.15, 0.2) is 12.4 Å². The molecule has 0 amide bonds. The van der Waals surface area contributed by atoms with E-state index in [1.807, 2.05) is 17.8 Å². The van der Waals surface area contributed by atoms with Gasteiger partial charge in [-0.15, -0.1) is 11.8 Å². The summed E-state index contributed by atoms with van der Waals surface area (Å²) in [6.45, 7) is 6.63. The Balaban J connectivity index is 2.38. The number of aromatic nitrogens is 2. The van der Waals surface area contributed by atoms with Gasteiger partial charge < -0.3 is 4.74 Å². The quantitative estimate of drug-likeness (QED) is 0.540. The fraction of sp³-hybridized carbons (Fsp3) is 0.545. The Morgan fingerprint density at radius 1 is 1.57 bits per heavy atom. The third-order valence-corrected chi connectivity index (χ3v) is 1.78. The zero-order valence-corrected chi connectivity index (χ0v) is 8.95. The van der Waals surface area contributed by atoms with Crippen LogP contribution < -0.4 is 4.74 Å². The van der Waals surface area contributed by atoms with Gasteiger partial charge in [-0.2, -0.15) is 5.10 Å². The molecular formula is C11H16N2O. The van der Waals surface area contributed by atoms with E-state index in [1.54, 1.807) is 6.20 Å². The van der Waals surface area contributed by atoms with Gasteiger partial charge in [0.05, 0.1) is 19.0 Å². The standard InChI is InChI=1S/C11H16N2O/c1-4-5-6-7-14-11-8-12-13(9-11)10(2)3/h8-10H,6-7H2,1-3H3. The minimum Gasteiger partial charge on any atom is -0.489 e. The van der Waals surface area contributed by atoms with Crippen LogP contribution in [0, 0.1) is 11.8 Å². The Kier molecular flexibility index (Phi) is 4.06. The van der Waals surface area contributed by atoms with E-state index in [0.717, 1.165) is 12.2 Å². The van der Waals surface area contributed by atoms with E-state index in [9.17, 15) is 0 Å². The molecule has 1 heterocycles. The summed E-state index contributed by atoms with van der Waals surface area (Å²) in [7, 11) is 0. The number of nitrogens with zero attached hydrogens (tertiary/aromatic N) is 2. The lowest BCUT2D eigenvalue weighted by molar-refractivity contribution is 0.326. The van der Waals surface area contributed by atoms with Gasteiger partial charge in [-0.1, -0.05) is 0 Å². The lowest BCUT2D eigenvalue weighted by Gasteiger charge is -2.03. The molecule has 0 unspecified atom stereocenters. The molecule has 0 radical (unpaired) electrons. The van der Waals surface area contributed by atoms with Crippen LogP contribution >= 0.6 is 0 Å². The topological polar surface area (TPSA) is 27.1 Å². The minimum absolute atomic E-state index is 0.378. The molecule has 3 heteroatoms. The number of ether oxygens (including phenoxy) is 1. The molecule has 0 aliphatic carbocycles. The van der Waals surface area contributed by atoms with Crippen molar-refractivity contribution >= 4 is 0 Å². The fourth-order valence-electron chi connectivity index (χ4n) is 1.02. The van der Waals surface area contributed by atoms with Crippen molar-refractivity contribution in [3.63, 3.8) is 0 Å². The average Bonchev–Trinajstić information content (AvgIpc) is 2.61. The third kappa shape index (κ3) is 3.14. The van der Waals surface area contributed by atoms with Crippen molar-refractivity contribution < 1.29 is 4.74 Å². The van der Waals surface area contributed by atoms with Crippen LogP contribution in [0.5, 0.6) is 5.75 Å². The first kappa shape index (κ1) is 10.6. The van der Waals surface area contributed by atoms with E-state index in [-0.39, 0.29) is 0 Å². The number of hydrogen-bond acceptors (Lipinski definition) is 2. The van der Waals surface area contributed by atoms with E-state index in [0.29, 0.717) is 12.6 Å². The summed E-state index contributed by atoms with van der Waals surface area (Å²) in [6, 6.07) is 0.378. The molecule has 0 saturated carbocycles. The molecule has 0 aliphatic heterocycles. The van der Waals surface area contributed by atoms with Crippen molar-refractivity contribution in [2.24, 2.45) is 0 Å². The van der Waals surface area contributed by atoms with Crippen LogP contribution in [-0.2, 0) is 0 Å². The summed E-state index contributed by atoms with van der Waals surface area (Å²) in [6.07, 6.45) is 4.41. The Labute approximate surface area is 85.1 Å². The smallest absolute Gasteiger partial charge is 0.157 e. The highest BCUT2D eigenvalue weighted by molar-refractivity contribution is 5.12. The molecule has 1 rings (SSSR count). The SMILES string of the molecule is CC#CCCOc1cnn(C(C)C)c1. The molecule has 0 aliphatic rings. The first-order valence-corrected chi connectivity index (χ1v) is 4.80. The van der Waals surface area contributed by atoms with Crippen LogP contribution in [0.25, 0.3) is 0 Å². The molecular weight excluding hydrogens is 176 g/mol. The molecule has 3 nitrogen and oxygen atoms in total. The summed E-state index contributed by atoms with van der Waals surface area (Å²) in [5, 5.41) is 4.17. The maximum absolute atomic E-state index is 5.45. The molecule has 0 N–H and O–H groups in total. The van der Waals surface area contributed by atoms with Crippen LogP contribution in [0.4, 0.5) is 0 Å². The van der Waals surface area contributed by atoms with E-state index in [1.165, 1.54) is 0 Å². The highest BCUT2D eigenvalue weighted by Gasteiger charge is 2.01. The van der Waals surface area contributed by atoms with Crippen molar-refractivity contribution in [3.8, 4) is 17.6 Å². The zero-order valence-electron chi connectivity index (χ0n) is 8.95. The van der Waals surface area contributed by atoms with Crippen molar-refractivity contribution in [1.29, 1.82) is 0 Å². The first-order chi connectivity index (χ1) is 6.74. The molecule has 0 aromatic carbocycles. The average molecular weight is 192 g/mol. The lowest BCUT2D eigenvalue weighted by atomic mass is 10.4. The van der Waals surface area contributed by atoms with Crippen LogP contribution in [0.2, 0.25) is 0 Å². The van der Waals surface area contributed by atoms with Crippen LogP contribution in [0.1, 0.15) is 33.2 Å². The van der Waals surface area contributed by atoms with E-state index < -0.39 is 0 Å². The van der Waals surface area contributed by atoms with Gasteiger partial charge in [0.25, 0.3) is 0 Å². The van der Waals surface area contributed by atoms with E-state index in [4.69, 9.17) is 4.74 Å². The summed E-state index contributed by atoms with van der Waals surface area (Å²) in [5.41, 5.74) is 0. The Morgan fingerprint density at radius 2 is 2.36 bits per heavy atom. The molecule has 0 spiro atoms. The maximum atomic E-state index is 5.45. The molecule has 1 aromatic heterocycles. The van der Waals surface area contributed by atoms with Gasteiger partial charge in [0.2, 0.25) is 0 Å². The monoisotopic (exact) mass is 192 g/mol. The van der Waals surface area contributed by atoms with Gasteiger partial charge in [-0.3, -0.25) is 4.68 Å². The molecule has 0 atom stereocenters. The van der Waals surface area contributed by atoms with Crippen molar-refractivity contribution in [2.45, 2.75) is 33.2 Å². The predicted octanol–water partition coefficient (Wildman–Crippen LogP) is 2.26. The summed E-state index contributed by atoms with van der Waals surface area (Å²) in [5.74, 6) is 6.59. The lowest BCUT2D eigenvalue weighted by Crippen LogP contribution is -2.00. The molecule has 14 heavy (non-hydrogen) atoms. The second-order valence-electron chi connectivity index (χ2n) is 3.28. The van der Waals surface area contributed by atoms with E-state index >= 15 is 0 Å². The highest BCUT2D eigenvalue weighted by atomic mass is 16.5. The Hall–Kier alpha value is -1.43. The fourth-order valence-corrected chi connectivity index (χ4v) is 1.02. The van der Waals surface area contributed by atoms with Crippen molar-refractivity contribution in [1.82, 2.24) is 9.78 Å². The van der Waals surface area contributed by atoms with Gasteiger partial charge >= 0.3 is 0 Å². The molecule has 0 bridgehead atoms. The molecule has 0 fully saturated rings. The van der Waals surface area contributed by atoms with Gasteiger partial charge in [0.15, 0.2) is 5.75 Å². The van der Waals surface area contributed by atoms with Gasteiger partial charge in [0.1, 0.15) is 0 Å².